The molecule has 0 atom stereocenters. The lowest BCUT2D eigenvalue weighted by Crippen LogP contribution is -2.21. The second kappa shape index (κ2) is 5.33. The molecular weight excluding hydrogens is 292 g/mol. The van der Waals surface area contributed by atoms with E-state index >= 15 is 0 Å². The first-order valence-corrected chi connectivity index (χ1v) is 8.28. The van der Waals surface area contributed by atoms with Crippen molar-refractivity contribution >= 4 is 15.6 Å². The van der Waals surface area contributed by atoms with E-state index < -0.39 is 15.6 Å². The van der Waals surface area contributed by atoms with E-state index in [1.165, 1.54) is 29.1 Å². The molecule has 1 aromatic heterocycles. The zero-order valence-electron chi connectivity index (χ0n) is 12.0. The zero-order valence-corrected chi connectivity index (χ0v) is 12.8. The monoisotopic (exact) mass is 308 g/mol. The predicted molar refractivity (Wildman–Crippen MR) is 78.4 cm³/mol. The van der Waals surface area contributed by atoms with E-state index in [0.717, 1.165) is 6.26 Å². The van der Waals surface area contributed by atoms with Gasteiger partial charge < -0.3 is 5.10 Å². The summed E-state index contributed by atoms with van der Waals surface area (Å²) in [6.45, 7) is 3.88. The van der Waals surface area contributed by atoms with E-state index in [0.29, 0.717) is 17.7 Å². The van der Waals surface area contributed by atoms with Crippen molar-refractivity contribution in [3.63, 3.8) is 0 Å². The quantitative estimate of drug-likeness (QED) is 0.858. The number of H-pyrrole nitrogens is 1. The van der Waals surface area contributed by atoms with Gasteiger partial charge in [-0.1, -0.05) is 0 Å². The number of aryl methyl sites for hydroxylation is 2. The minimum Gasteiger partial charge on any atom is -0.302 e. The highest BCUT2D eigenvalue weighted by atomic mass is 32.2. The summed E-state index contributed by atoms with van der Waals surface area (Å²) in [6, 6.07) is 4.25. The molecule has 0 amide bonds. The van der Waals surface area contributed by atoms with Gasteiger partial charge in [-0.2, -0.15) is 0 Å². The SMILES string of the molecule is CCn1[nH]cc(C(=O)c2ccc(S(C)(=O)=O)cc2C)c1=O. The van der Waals surface area contributed by atoms with Crippen molar-refractivity contribution in [3.05, 3.63) is 51.4 Å². The molecule has 2 aromatic rings. The van der Waals surface area contributed by atoms with Gasteiger partial charge in [-0.15, -0.1) is 0 Å². The summed E-state index contributed by atoms with van der Waals surface area (Å²) in [7, 11) is -3.32. The number of carbonyl (C=O) groups is 1. The Hall–Kier alpha value is -2.15. The average Bonchev–Trinajstić information content (AvgIpc) is 2.78. The lowest BCUT2D eigenvalue weighted by atomic mass is 10.0. The van der Waals surface area contributed by atoms with Crippen LogP contribution in [0.1, 0.15) is 28.4 Å². The molecule has 0 spiro atoms. The second-order valence-corrected chi connectivity index (χ2v) is 6.83. The Labute approximate surface area is 122 Å². The number of hydrogen-bond acceptors (Lipinski definition) is 4. The van der Waals surface area contributed by atoms with Gasteiger partial charge in [0.15, 0.2) is 15.6 Å². The third-order valence-corrected chi connectivity index (χ3v) is 4.38. The number of sulfone groups is 1. The second-order valence-electron chi connectivity index (χ2n) is 4.81. The molecule has 0 radical (unpaired) electrons. The van der Waals surface area contributed by atoms with Crippen LogP contribution in [0.4, 0.5) is 0 Å². The fourth-order valence-corrected chi connectivity index (χ4v) is 2.78. The molecule has 21 heavy (non-hydrogen) atoms. The molecular formula is C14H16N2O4S. The van der Waals surface area contributed by atoms with E-state index in [1.54, 1.807) is 13.8 Å². The first-order chi connectivity index (χ1) is 9.75. The van der Waals surface area contributed by atoms with Gasteiger partial charge in [-0.05, 0) is 37.6 Å². The molecule has 112 valence electrons. The number of nitrogens with zero attached hydrogens (tertiary/aromatic N) is 1. The molecule has 0 saturated carbocycles. The van der Waals surface area contributed by atoms with Crippen LogP contribution in [-0.4, -0.2) is 30.2 Å². The summed E-state index contributed by atoms with van der Waals surface area (Å²) >= 11 is 0. The highest BCUT2D eigenvalue weighted by molar-refractivity contribution is 7.90. The maximum Gasteiger partial charge on any atom is 0.277 e. The van der Waals surface area contributed by atoms with Crippen LogP contribution in [0.5, 0.6) is 0 Å². The summed E-state index contributed by atoms with van der Waals surface area (Å²) in [5.74, 6) is -0.416. The lowest BCUT2D eigenvalue weighted by molar-refractivity contribution is 0.103. The van der Waals surface area contributed by atoms with Gasteiger partial charge in [0.1, 0.15) is 5.56 Å². The molecule has 0 aliphatic heterocycles. The van der Waals surface area contributed by atoms with Gasteiger partial charge in [-0.3, -0.25) is 14.3 Å². The molecule has 7 heteroatoms. The van der Waals surface area contributed by atoms with Crippen molar-refractivity contribution in [2.45, 2.75) is 25.3 Å². The van der Waals surface area contributed by atoms with Gasteiger partial charge in [0.2, 0.25) is 0 Å². The minimum atomic E-state index is -3.32. The Morgan fingerprint density at radius 3 is 2.43 bits per heavy atom. The fraction of sp³-hybridized carbons (Fsp3) is 0.286. The van der Waals surface area contributed by atoms with Gasteiger partial charge >= 0.3 is 0 Å². The molecule has 0 bridgehead atoms. The van der Waals surface area contributed by atoms with Gasteiger partial charge in [-0.25, -0.2) is 8.42 Å². The first-order valence-electron chi connectivity index (χ1n) is 6.39. The Bertz CT molecular complexity index is 859. The van der Waals surface area contributed by atoms with Crippen LogP contribution in [0.2, 0.25) is 0 Å². The van der Waals surface area contributed by atoms with E-state index in [-0.39, 0.29) is 16.0 Å². The third-order valence-electron chi connectivity index (χ3n) is 3.27. The molecule has 1 N–H and O–H groups in total. The third kappa shape index (κ3) is 2.82. The topological polar surface area (TPSA) is 89.0 Å². The highest BCUT2D eigenvalue weighted by Crippen LogP contribution is 2.17. The van der Waals surface area contributed by atoms with Gasteiger partial charge in [0.25, 0.3) is 5.56 Å². The number of aromatic amines is 1. The summed E-state index contributed by atoms with van der Waals surface area (Å²) < 4.78 is 24.3. The molecule has 0 fully saturated rings. The van der Waals surface area contributed by atoms with E-state index in [4.69, 9.17) is 0 Å². The number of aromatic nitrogens is 2. The highest BCUT2D eigenvalue weighted by Gasteiger charge is 2.19. The molecule has 6 nitrogen and oxygen atoms in total. The zero-order chi connectivity index (χ0) is 15.8. The van der Waals surface area contributed by atoms with Crippen LogP contribution in [0.15, 0.2) is 34.1 Å². The Morgan fingerprint density at radius 1 is 1.29 bits per heavy atom. The van der Waals surface area contributed by atoms with Crippen molar-refractivity contribution in [2.24, 2.45) is 0 Å². The number of carbonyl (C=O) groups excluding carboxylic acids is 1. The standard InChI is InChI=1S/C14H16N2O4S/c1-4-16-14(18)12(8-15-16)13(17)11-6-5-10(7-9(11)2)21(3,19)20/h5-8,15H,4H2,1-3H3. The number of benzene rings is 1. The number of ketones is 1. The van der Waals surface area contributed by atoms with E-state index in [2.05, 4.69) is 5.10 Å². The van der Waals surface area contributed by atoms with Crippen molar-refractivity contribution in [2.75, 3.05) is 6.26 Å². The summed E-state index contributed by atoms with van der Waals surface area (Å²) in [5, 5.41) is 2.72. The first kappa shape index (κ1) is 15.2. The van der Waals surface area contributed by atoms with Crippen LogP contribution in [-0.2, 0) is 16.4 Å². The molecule has 0 aliphatic carbocycles. The number of nitrogens with one attached hydrogen (secondary N) is 1. The minimum absolute atomic E-state index is 0.0482. The molecule has 0 unspecified atom stereocenters. The number of hydrogen-bond donors (Lipinski definition) is 1. The lowest BCUT2D eigenvalue weighted by Gasteiger charge is -2.05. The smallest absolute Gasteiger partial charge is 0.277 e. The van der Waals surface area contributed by atoms with Crippen molar-refractivity contribution in [1.29, 1.82) is 0 Å². The van der Waals surface area contributed by atoms with Crippen LogP contribution in [0, 0.1) is 6.92 Å². The Balaban J connectivity index is 2.49. The molecule has 1 aromatic carbocycles. The molecule has 1 heterocycles. The molecule has 2 rings (SSSR count). The van der Waals surface area contributed by atoms with Crippen molar-refractivity contribution in [1.82, 2.24) is 9.78 Å². The number of rotatable bonds is 4. The molecule has 0 aliphatic rings. The fourth-order valence-electron chi connectivity index (χ4n) is 2.07. The predicted octanol–water partition coefficient (Wildman–Crippen LogP) is 1.14. The normalized spacial score (nSPS) is 11.6. The van der Waals surface area contributed by atoms with Crippen LogP contribution in [0.3, 0.4) is 0 Å². The summed E-state index contributed by atoms with van der Waals surface area (Å²) in [5.41, 5.74) is 0.509. The van der Waals surface area contributed by atoms with E-state index in [9.17, 15) is 18.0 Å². The molecule has 0 saturated heterocycles. The van der Waals surface area contributed by atoms with Crippen LogP contribution < -0.4 is 5.56 Å². The van der Waals surface area contributed by atoms with Crippen molar-refractivity contribution < 1.29 is 13.2 Å². The summed E-state index contributed by atoms with van der Waals surface area (Å²) in [6.07, 6.45) is 2.48. The Kier molecular flexibility index (Phi) is 3.87. The Morgan fingerprint density at radius 2 is 1.95 bits per heavy atom. The van der Waals surface area contributed by atoms with Crippen molar-refractivity contribution in [3.8, 4) is 0 Å². The van der Waals surface area contributed by atoms with Gasteiger partial charge in [0, 0.05) is 24.6 Å². The maximum absolute atomic E-state index is 12.4. The largest absolute Gasteiger partial charge is 0.302 e. The van der Waals surface area contributed by atoms with Gasteiger partial charge in [0.05, 0.1) is 4.90 Å². The summed E-state index contributed by atoms with van der Waals surface area (Å²) in [4.78, 5) is 24.5. The van der Waals surface area contributed by atoms with E-state index in [1.807, 2.05) is 0 Å². The van der Waals surface area contributed by atoms with Crippen LogP contribution in [0.25, 0.3) is 0 Å². The van der Waals surface area contributed by atoms with Crippen LogP contribution >= 0.6 is 0 Å². The maximum atomic E-state index is 12.4. The average molecular weight is 308 g/mol.